The van der Waals surface area contributed by atoms with Gasteiger partial charge in [-0.15, -0.1) is 11.3 Å². The lowest BCUT2D eigenvalue weighted by atomic mass is 10.1. The van der Waals surface area contributed by atoms with Gasteiger partial charge in [0.1, 0.15) is 4.70 Å². The van der Waals surface area contributed by atoms with E-state index in [0.717, 1.165) is 48.2 Å². The van der Waals surface area contributed by atoms with E-state index in [1.165, 1.54) is 24.2 Å². The fourth-order valence-electron chi connectivity index (χ4n) is 2.75. The van der Waals surface area contributed by atoms with Crippen LogP contribution in [0, 0.1) is 6.92 Å². The maximum atomic E-state index is 12.3. The summed E-state index contributed by atoms with van der Waals surface area (Å²) in [5, 5.41) is 2.00. The van der Waals surface area contributed by atoms with E-state index in [-0.39, 0.29) is 5.56 Å². The molecule has 0 spiro atoms. The molecule has 1 saturated heterocycles. The van der Waals surface area contributed by atoms with Crippen LogP contribution in [0.1, 0.15) is 37.7 Å². The number of aromatic nitrogens is 2. The molecule has 1 atom stereocenters. The second-order valence-electron chi connectivity index (χ2n) is 5.47. The van der Waals surface area contributed by atoms with Crippen molar-refractivity contribution in [3.8, 4) is 0 Å². The van der Waals surface area contributed by atoms with Gasteiger partial charge in [-0.05, 0) is 50.0 Å². The zero-order valence-corrected chi connectivity index (χ0v) is 12.6. The molecule has 1 aliphatic heterocycles. The molecular weight excluding hydrogens is 272 g/mol. The molecule has 0 bridgehead atoms. The highest BCUT2D eigenvalue weighted by atomic mass is 32.1. The topological polar surface area (TPSA) is 44.1 Å². The Morgan fingerprint density at radius 1 is 1.50 bits per heavy atom. The molecule has 3 heterocycles. The predicted octanol–water partition coefficient (Wildman–Crippen LogP) is 3.12. The van der Waals surface area contributed by atoms with E-state index in [1.54, 1.807) is 10.9 Å². The SMILES string of the molecule is Cc1csc2c(=O)n(CCCC[C@H]3CCCO3)cnc12. The molecule has 2 aromatic heterocycles. The second-order valence-corrected chi connectivity index (χ2v) is 6.35. The molecule has 0 N–H and O–H groups in total. The summed E-state index contributed by atoms with van der Waals surface area (Å²) < 4.78 is 8.14. The molecule has 3 rings (SSSR count). The first-order valence-corrected chi connectivity index (χ1v) is 8.18. The Kier molecular flexibility index (Phi) is 4.17. The van der Waals surface area contributed by atoms with E-state index in [1.807, 2.05) is 12.3 Å². The number of fused-ring (bicyclic) bond motifs is 1. The summed E-state index contributed by atoms with van der Waals surface area (Å²) in [4.78, 5) is 16.7. The zero-order chi connectivity index (χ0) is 13.9. The van der Waals surface area contributed by atoms with Gasteiger partial charge < -0.3 is 4.74 Å². The Balaban J connectivity index is 1.60. The first-order valence-electron chi connectivity index (χ1n) is 7.30. The Labute approximate surface area is 122 Å². The van der Waals surface area contributed by atoms with Crippen molar-refractivity contribution < 1.29 is 4.74 Å². The Morgan fingerprint density at radius 2 is 2.40 bits per heavy atom. The second kappa shape index (κ2) is 6.06. The van der Waals surface area contributed by atoms with Gasteiger partial charge in [0.25, 0.3) is 5.56 Å². The van der Waals surface area contributed by atoms with Gasteiger partial charge in [0.15, 0.2) is 0 Å². The molecule has 0 aliphatic carbocycles. The standard InChI is InChI=1S/C15H20N2O2S/c1-11-9-20-14-13(11)16-10-17(15(14)18)7-3-2-5-12-6-4-8-19-12/h9-10,12H,2-8H2,1H3/t12-/m0/s1. The minimum atomic E-state index is 0.102. The van der Waals surface area contributed by atoms with Gasteiger partial charge in [-0.1, -0.05) is 0 Å². The highest BCUT2D eigenvalue weighted by Crippen LogP contribution is 2.20. The van der Waals surface area contributed by atoms with Gasteiger partial charge in [0, 0.05) is 13.2 Å². The monoisotopic (exact) mass is 292 g/mol. The lowest BCUT2D eigenvalue weighted by Crippen LogP contribution is -2.20. The summed E-state index contributed by atoms with van der Waals surface area (Å²) in [5.41, 5.74) is 2.05. The van der Waals surface area contributed by atoms with Crippen molar-refractivity contribution in [1.29, 1.82) is 0 Å². The first kappa shape index (κ1) is 13.8. The Morgan fingerprint density at radius 3 is 3.20 bits per heavy atom. The number of hydrogen-bond acceptors (Lipinski definition) is 4. The average molecular weight is 292 g/mol. The van der Waals surface area contributed by atoms with Crippen LogP contribution in [0.15, 0.2) is 16.5 Å². The summed E-state index contributed by atoms with van der Waals surface area (Å²) in [6, 6.07) is 0. The number of thiophene rings is 1. The maximum Gasteiger partial charge on any atom is 0.271 e. The molecular formula is C15H20N2O2S. The van der Waals surface area contributed by atoms with E-state index in [9.17, 15) is 4.79 Å². The molecule has 0 radical (unpaired) electrons. The van der Waals surface area contributed by atoms with Crippen LogP contribution in [0.2, 0.25) is 0 Å². The van der Waals surface area contributed by atoms with Gasteiger partial charge in [0.05, 0.1) is 17.9 Å². The van der Waals surface area contributed by atoms with Crippen molar-refractivity contribution in [2.45, 2.75) is 51.7 Å². The molecule has 0 amide bonds. The third-order valence-corrected chi connectivity index (χ3v) is 5.00. The first-order chi connectivity index (χ1) is 9.75. The van der Waals surface area contributed by atoms with Crippen LogP contribution in [0.4, 0.5) is 0 Å². The van der Waals surface area contributed by atoms with Gasteiger partial charge in [-0.25, -0.2) is 4.98 Å². The summed E-state index contributed by atoms with van der Waals surface area (Å²) in [6.07, 6.45) is 7.77. The van der Waals surface area contributed by atoms with Crippen LogP contribution >= 0.6 is 11.3 Å². The summed E-state index contributed by atoms with van der Waals surface area (Å²) in [5.74, 6) is 0. The van der Waals surface area contributed by atoms with Crippen LogP contribution in [-0.2, 0) is 11.3 Å². The molecule has 108 valence electrons. The van der Waals surface area contributed by atoms with Crippen molar-refractivity contribution in [3.05, 3.63) is 27.6 Å². The molecule has 0 unspecified atom stereocenters. The lowest BCUT2D eigenvalue weighted by Gasteiger charge is -2.09. The lowest BCUT2D eigenvalue weighted by molar-refractivity contribution is 0.102. The number of nitrogens with zero attached hydrogens (tertiary/aromatic N) is 2. The van der Waals surface area contributed by atoms with Crippen LogP contribution in [-0.4, -0.2) is 22.3 Å². The normalized spacial score (nSPS) is 18.9. The summed E-state index contributed by atoms with van der Waals surface area (Å²) >= 11 is 1.50. The maximum absolute atomic E-state index is 12.3. The van der Waals surface area contributed by atoms with Crippen molar-refractivity contribution in [2.75, 3.05) is 6.61 Å². The highest BCUT2D eigenvalue weighted by molar-refractivity contribution is 7.17. The third kappa shape index (κ3) is 2.79. The van der Waals surface area contributed by atoms with E-state index in [0.29, 0.717) is 6.10 Å². The van der Waals surface area contributed by atoms with Gasteiger partial charge >= 0.3 is 0 Å². The smallest absolute Gasteiger partial charge is 0.271 e. The summed E-state index contributed by atoms with van der Waals surface area (Å²) in [6.45, 7) is 3.67. The fourth-order valence-corrected chi connectivity index (χ4v) is 3.70. The van der Waals surface area contributed by atoms with E-state index < -0.39 is 0 Å². The highest BCUT2D eigenvalue weighted by Gasteiger charge is 2.14. The van der Waals surface area contributed by atoms with E-state index in [2.05, 4.69) is 4.98 Å². The minimum absolute atomic E-state index is 0.102. The number of ether oxygens (including phenoxy) is 1. The van der Waals surface area contributed by atoms with Crippen molar-refractivity contribution in [2.24, 2.45) is 0 Å². The molecule has 20 heavy (non-hydrogen) atoms. The molecule has 1 fully saturated rings. The molecule has 4 nitrogen and oxygen atoms in total. The summed E-state index contributed by atoms with van der Waals surface area (Å²) in [7, 11) is 0. The van der Waals surface area contributed by atoms with Crippen LogP contribution in [0.3, 0.4) is 0 Å². The zero-order valence-electron chi connectivity index (χ0n) is 11.8. The van der Waals surface area contributed by atoms with Gasteiger partial charge in [-0.2, -0.15) is 0 Å². The molecule has 0 aromatic carbocycles. The van der Waals surface area contributed by atoms with Crippen LogP contribution in [0.5, 0.6) is 0 Å². The number of hydrogen-bond donors (Lipinski definition) is 0. The fraction of sp³-hybridized carbons (Fsp3) is 0.600. The Bertz CT molecular complexity index is 641. The van der Waals surface area contributed by atoms with E-state index in [4.69, 9.17) is 4.74 Å². The Hall–Kier alpha value is -1.20. The number of rotatable bonds is 5. The largest absolute Gasteiger partial charge is 0.378 e. The quantitative estimate of drug-likeness (QED) is 0.795. The van der Waals surface area contributed by atoms with Crippen molar-refractivity contribution in [3.63, 3.8) is 0 Å². The van der Waals surface area contributed by atoms with Crippen molar-refractivity contribution in [1.82, 2.24) is 9.55 Å². The van der Waals surface area contributed by atoms with Gasteiger partial charge in [-0.3, -0.25) is 9.36 Å². The van der Waals surface area contributed by atoms with Crippen molar-refractivity contribution >= 4 is 21.6 Å². The van der Waals surface area contributed by atoms with Crippen LogP contribution in [0.25, 0.3) is 10.2 Å². The predicted molar refractivity (Wildman–Crippen MR) is 81.4 cm³/mol. The average Bonchev–Trinajstić information content (AvgIpc) is 3.08. The minimum Gasteiger partial charge on any atom is -0.378 e. The molecule has 0 saturated carbocycles. The number of aryl methyl sites for hydroxylation is 2. The van der Waals surface area contributed by atoms with Crippen LogP contribution < -0.4 is 5.56 Å². The third-order valence-electron chi connectivity index (χ3n) is 3.92. The number of unbranched alkanes of at least 4 members (excludes halogenated alkanes) is 1. The van der Waals surface area contributed by atoms with E-state index >= 15 is 0 Å². The molecule has 1 aliphatic rings. The van der Waals surface area contributed by atoms with Gasteiger partial charge in [0.2, 0.25) is 0 Å². The molecule has 2 aromatic rings. The molecule has 5 heteroatoms.